The van der Waals surface area contributed by atoms with Crippen LogP contribution in [0, 0.1) is 15.3 Å². The molecule has 0 radical (unpaired) electrons. The van der Waals surface area contributed by atoms with E-state index in [0.29, 0.717) is 18.8 Å². The van der Waals surface area contributed by atoms with Crippen LogP contribution in [0.25, 0.3) is 11.0 Å². The van der Waals surface area contributed by atoms with E-state index in [0.717, 1.165) is 18.8 Å². The summed E-state index contributed by atoms with van der Waals surface area (Å²) in [6.45, 7) is 2.77. The molecule has 1 fully saturated rings. The molecule has 1 aliphatic rings. The van der Waals surface area contributed by atoms with Crippen LogP contribution in [0.4, 0.5) is 17.1 Å². The molecule has 0 bridgehead atoms. The second-order valence-electron chi connectivity index (χ2n) is 5.80. The molecule has 0 saturated carbocycles. The Morgan fingerprint density at radius 1 is 1.04 bits per heavy atom. The normalized spacial score (nSPS) is 14.9. The van der Waals surface area contributed by atoms with Gasteiger partial charge in [0.25, 0.3) is 0 Å². The molecule has 128 valence electrons. The molecular weight excluding hydrogens is 326 g/mol. The third-order valence-electron chi connectivity index (χ3n) is 4.44. The van der Waals surface area contributed by atoms with Crippen molar-refractivity contribution >= 4 is 28.1 Å². The molecule has 9 heteroatoms. The number of nitro groups is 1. The predicted octanol–water partition coefficient (Wildman–Crippen LogP) is 1.70. The van der Waals surface area contributed by atoms with E-state index in [-0.39, 0.29) is 21.6 Å². The summed E-state index contributed by atoms with van der Waals surface area (Å²) in [6, 6.07) is 13.1. The van der Waals surface area contributed by atoms with Gasteiger partial charge >= 0.3 is 11.2 Å². The highest BCUT2D eigenvalue weighted by Crippen LogP contribution is 2.34. The maximum atomic E-state index is 11.5. The highest BCUT2D eigenvalue weighted by Gasteiger charge is 2.31. The molecule has 1 aromatic heterocycles. The Kier molecular flexibility index (Phi) is 3.60. The maximum absolute atomic E-state index is 11.5. The van der Waals surface area contributed by atoms with Gasteiger partial charge in [0.05, 0.1) is 10.1 Å². The number of nitrogens with zero attached hydrogens (tertiary/aromatic N) is 5. The lowest BCUT2D eigenvalue weighted by atomic mass is 10.1. The topological polar surface area (TPSA) is 103 Å². The quantitative estimate of drug-likeness (QED) is 0.406. The molecule has 0 spiro atoms. The van der Waals surface area contributed by atoms with E-state index in [1.54, 1.807) is 6.07 Å². The van der Waals surface area contributed by atoms with Crippen molar-refractivity contribution in [3.05, 3.63) is 57.8 Å². The largest absolute Gasteiger partial charge is 0.368 e. The maximum Gasteiger partial charge on any atom is 0.350 e. The fraction of sp³-hybridized carbons (Fsp3) is 0.250. The summed E-state index contributed by atoms with van der Waals surface area (Å²) in [7, 11) is 0. The van der Waals surface area contributed by atoms with Gasteiger partial charge in [0.2, 0.25) is 5.52 Å². The van der Waals surface area contributed by atoms with Crippen molar-refractivity contribution in [3.8, 4) is 0 Å². The Balaban J connectivity index is 1.63. The number of rotatable bonds is 3. The molecule has 25 heavy (non-hydrogen) atoms. The van der Waals surface area contributed by atoms with Crippen molar-refractivity contribution in [1.82, 2.24) is 5.16 Å². The Morgan fingerprint density at radius 3 is 2.40 bits per heavy atom. The summed E-state index contributed by atoms with van der Waals surface area (Å²) in [5, 5.41) is 26.6. The number of benzene rings is 2. The lowest BCUT2D eigenvalue weighted by Gasteiger charge is -2.36. The van der Waals surface area contributed by atoms with Crippen LogP contribution >= 0.6 is 0 Å². The van der Waals surface area contributed by atoms with Crippen LogP contribution in [0.2, 0.25) is 0 Å². The Hall–Kier alpha value is -3.36. The standard InChI is InChI=1S/C16H15N5O4/c22-20(23)16-14(7-6-13-15(16)17-25-21(13)24)19-10-8-18(9-11-19)12-4-2-1-3-5-12/h1-7H,8-11H2. The highest BCUT2D eigenvalue weighted by atomic mass is 16.8. The first-order valence-corrected chi connectivity index (χ1v) is 7.87. The number of aromatic nitrogens is 2. The summed E-state index contributed by atoms with van der Waals surface area (Å²) in [4.78, 5) is 15.4. The SMILES string of the molecule is O=[N+]([O-])c1c(N2CCN(c3ccccc3)CC2)ccc2c1no[n+]2[O-]. The van der Waals surface area contributed by atoms with Crippen LogP contribution in [0.3, 0.4) is 0 Å². The molecular formula is C16H15N5O4. The lowest BCUT2D eigenvalue weighted by molar-refractivity contribution is -0.782. The molecule has 2 aromatic carbocycles. The minimum absolute atomic E-state index is 0.0250. The van der Waals surface area contributed by atoms with Crippen molar-refractivity contribution in [2.45, 2.75) is 0 Å². The third-order valence-corrected chi connectivity index (χ3v) is 4.44. The minimum Gasteiger partial charge on any atom is -0.368 e. The molecule has 0 N–H and O–H groups in total. The van der Waals surface area contributed by atoms with E-state index in [9.17, 15) is 15.3 Å². The highest BCUT2D eigenvalue weighted by molar-refractivity contribution is 5.89. The van der Waals surface area contributed by atoms with Gasteiger partial charge in [0, 0.05) is 31.9 Å². The zero-order chi connectivity index (χ0) is 17.4. The van der Waals surface area contributed by atoms with Crippen molar-refractivity contribution < 1.29 is 14.5 Å². The van der Waals surface area contributed by atoms with Crippen LogP contribution in [0.15, 0.2) is 47.1 Å². The first kappa shape index (κ1) is 15.2. The Bertz CT molecular complexity index is 919. The van der Waals surface area contributed by atoms with E-state index in [4.69, 9.17) is 0 Å². The van der Waals surface area contributed by atoms with Gasteiger partial charge in [-0.3, -0.25) is 14.7 Å². The molecule has 0 amide bonds. The summed E-state index contributed by atoms with van der Waals surface area (Å²) in [5.74, 6) is 0. The third kappa shape index (κ3) is 2.59. The second kappa shape index (κ2) is 5.93. The minimum atomic E-state index is -0.510. The molecule has 4 rings (SSSR count). The van der Waals surface area contributed by atoms with E-state index in [1.165, 1.54) is 6.07 Å². The number of anilines is 2. The zero-order valence-electron chi connectivity index (χ0n) is 13.2. The fourth-order valence-electron chi connectivity index (χ4n) is 3.20. The number of para-hydroxylation sites is 1. The molecule has 0 atom stereocenters. The number of hydrogen-bond donors (Lipinski definition) is 0. The fourth-order valence-corrected chi connectivity index (χ4v) is 3.20. The summed E-state index contributed by atoms with van der Waals surface area (Å²) in [6.07, 6.45) is 0. The summed E-state index contributed by atoms with van der Waals surface area (Å²) >= 11 is 0. The summed E-state index contributed by atoms with van der Waals surface area (Å²) in [5.41, 5.74) is 1.43. The number of hydrogen-bond acceptors (Lipinski definition) is 7. The van der Waals surface area contributed by atoms with Gasteiger partial charge in [-0.05, 0) is 29.2 Å². The van der Waals surface area contributed by atoms with Crippen molar-refractivity contribution in [2.24, 2.45) is 0 Å². The van der Waals surface area contributed by atoms with Crippen LogP contribution in [-0.4, -0.2) is 36.3 Å². The van der Waals surface area contributed by atoms with Crippen LogP contribution in [0.1, 0.15) is 0 Å². The molecule has 9 nitrogen and oxygen atoms in total. The molecule has 3 aromatic rings. The zero-order valence-corrected chi connectivity index (χ0v) is 13.2. The van der Waals surface area contributed by atoms with Crippen LogP contribution in [-0.2, 0) is 0 Å². The van der Waals surface area contributed by atoms with Crippen molar-refractivity contribution in [1.29, 1.82) is 0 Å². The van der Waals surface area contributed by atoms with E-state index in [2.05, 4.69) is 14.7 Å². The molecule has 0 unspecified atom stereocenters. The second-order valence-corrected chi connectivity index (χ2v) is 5.80. The van der Waals surface area contributed by atoms with Gasteiger partial charge < -0.3 is 15.0 Å². The van der Waals surface area contributed by atoms with Gasteiger partial charge in [-0.25, -0.2) is 0 Å². The Labute approximate surface area is 142 Å². The van der Waals surface area contributed by atoms with Crippen molar-refractivity contribution in [3.63, 3.8) is 0 Å². The van der Waals surface area contributed by atoms with E-state index >= 15 is 0 Å². The van der Waals surface area contributed by atoms with Crippen LogP contribution in [0.5, 0.6) is 0 Å². The van der Waals surface area contributed by atoms with Gasteiger partial charge in [0.15, 0.2) is 0 Å². The summed E-state index contributed by atoms with van der Waals surface area (Å²) < 4.78 is 4.50. The smallest absolute Gasteiger partial charge is 0.350 e. The predicted molar refractivity (Wildman–Crippen MR) is 90.5 cm³/mol. The molecule has 1 saturated heterocycles. The first-order chi connectivity index (χ1) is 12.1. The number of fused-ring (bicyclic) bond motifs is 1. The monoisotopic (exact) mass is 341 g/mol. The number of piperazine rings is 1. The number of nitro benzene ring substituents is 1. The van der Waals surface area contributed by atoms with Gasteiger partial charge in [-0.15, -0.1) is 0 Å². The van der Waals surface area contributed by atoms with Gasteiger partial charge in [-0.2, -0.15) is 0 Å². The average Bonchev–Trinajstić information content (AvgIpc) is 3.03. The Morgan fingerprint density at radius 2 is 1.72 bits per heavy atom. The van der Waals surface area contributed by atoms with Crippen LogP contribution < -0.4 is 14.7 Å². The van der Waals surface area contributed by atoms with Crippen molar-refractivity contribution in [2.75, 3.05) is 36.0 Å². The molecule has 0 aliphatic carbocycles. The van der Waals surface area contributed by atoms with E-state index in [1.807, 2.05) is 35.2 Å². The van der Waals surface area contributed by atoms with Gasteiger partial charge in [-0.1, -0.05) is 18.2 Å². The average molecular weight is 341 g/mol. The first-order valence-electron chi connectivity index (χ1n) is 7.87. The van der Waals surface area contributed by atoms with E-state index < -0.39 is 4.92 Å². The molecule has 2 heterocycles. The lowest BCUT2D eigenvalue weighted by Crippen LogP contribution is -2.46. The molecule has 1 aliphatic heterocycles. The van der Waals surface area contributed by atoms with Gasteiger partial charge in [0.1, 0.15) is 5.69 Å².